The van der Waals surface area contributed by atoms with Gasteiger partial charge in [0.05, 0.1) is 6.61 Å². The van der Waals surface area contributed by atoms with Crippen molar-refractivity contribution in [2.24, 2.45) is 0 Å². The van der Waals surface area contributed by atoms with E-state index in [1.165, 1.54) is 16.7 Å². The summed E-state index contributed by atoms with van der Waals surface area (Å²) in [6.07, 6.45) is 22.7. The first-order chi connectivity index (χ1) is 8.92. The summed E-state index contributed by atoms with van der Waals surface area (Å²) in [6, 6.07) is 0. The molecule has 0 heterocycles. The SMILES string of the molecule is COCCC1=CC=CCC=C1C1=CCC=CC=C1. The number of hydrogen-bond acceptors (Lipinski definition) is 1. The van der Waals surface area contributed by atoms with Crippen molar-refractivity contribution in [3.05, 3.63) is 71.4 Å². The highest BCUT2D eigenvalue weighted by molar-refractivity contribution is 5.54. The van der Waals surface area contributed by atoms with Gasteiger partial charge < -0.3 is 4.74 Å². The van der Waals surface area contributed by atoms with E-state index in [2.05, 4.69) is 54.7 Å². The molecular weight excluding hydrogens is 220 g/mol. The third-order valence-electron chi connectivity index (χ3n) is 3.12. The summed E-state index contributed by atoms with van der Waals surface area (Å²) in [5, 5.41) is 0. The minimum atomic E-state index is 0.770. The quantitative estimate of drug-likeness (QED) is 0.712. The molecule has 0 aromatic carbocycles. The summed E-state index contributed by atoms with van der Waals surface area (Å²) < 4.78 is 5.20. The van der Waals surface area contributed by atoms with Crippen LogP contribution in [0.15, 0.2) is 71.4 Å². The van der Waals surface area contributed by atoms with Gasteiger partial charge >= 0.3 is 0 Å². The molecule has 1 nitrogen and oxygen atoms in total. The number of ether oxygens (including phenoxy) is 1. The van der Waals surface area contributed by atoms with Crippen molar-refractivity contribution < 1.29 is 4.74 Å². The molecule has 0 saturated carbocycles. The lowest BCUT2D eigenvalue weighted by molar-refractivity contribution is 0.202. The van der Waals surface area contributed by atoms with E-state index in [1.807, 2.05) is 0 Å². The molecule has 0 bridgehead atoms. The summed E-state index contributed by atoms with van der Waals surface area (Å²) >= 11 is 0. The standard InChI is InChI=1S/C17H20O/c1-18-14-13-16-11-7-4-8-12-17(16)15-9-5-2-3-6-10-15/h2-5,7,9-12H,6,8,13-14H2,1H3. The fraction of sp³-hybridized carbons (Fsp3) is 0.294. The lowest BCUT2D eigenvalue weighted by Crippen LogP contribution is -1.98. The third kappa shape index (κ3) is 3.44. The predicted octanol–water partition coefficient (Wildman–Crippen LogP) is 4.28. The zero-order chi connectivity index (χ0) is 12.6. The summed E-state index contributed by atoms with van der Waals surface area (Å²) in [6.45, 7) is 0.770. The molecule has 0 amide bonds. The van der Waals surface area contributed by atoms with Crippen molar-refractivity contribution in [1.82, 2.24) is 0 Å². The fourth-order valence-corrected chi connectivity index (χ4v) is 2.18. The monoisotopic (exact) mass is 240 g/mol. The average Bonchev–Trinajstić information content (AvgIpc) is 2.78. The Morgan fingerprint density at radius 1 is 1.06 bits per heavy atom. The second-order valence-electron chi connectivity index (χ2n) is 4.40. The molecule has 0 aromatic heterocycles. The molecule has 2 aliphatic carbocycles. The molecule has 2 aliphatic rings. The Morgan fingerprint density at radius 2 is 1.89 bits per heavy atom. The molecule has 0 N–H and O–H groups in total. The van der Waals surface area contributed by atoms with Gasteiger partial charge in [-0.3, -0.25) is 0 Å². The van der Waals surface area contributed by atoms with Crippen molar-refractivity contribution in [2.75, 3.05) is 13.7 Å². The van der Waals surface area contributed by atoms with Crippen LogP contribution in [0.1, 0.15) is 19.3 Å². The lowest BCUT2D eigenvalue weighted by Gasteiger charge is -2.12. The van der Waals surface area contributed by atoms with Crippen LogP contribution in [0.25, 0.3) is 0 Å². The zero-order valence-corrected chi connectivity index (χ0v) is 10.9. The number of rotatable bonds is 4. The Hall–Kier alpha value is -1.60. The van der Waals surface area contributed by atoms with Gasteiger partial charge in [-0.1, -0.05) is 54.7 Å². The topological polar surface area (TPSA) is 9.23 Å². The van der Waals surface area contributed by atoms with Gasteiger partial charge in [-0.25, -0.2) is 0 Å². The van der Waals surface area contributed by atoms with Crippen LogP contribution in [0.2, 0.25) is 0 Å². The van der Waals surface area contributed by atoms with Crippen LogP contribution in [0, 0.1) is 0 Å². The van der Waals surface area contributed by atoms with E-state index in [9.17, 15) is 0 Å². The molecule has 2 rings (SSSR count). The first-order valence-corrected chi connectivity index (χ1v) is 6.50. The highest BCUT2D eigenvalue weighted by atomic mass is 16.5. The highest BCUT2D eigenvalue weighted by Crippen LogP contribution is 2.27. The van der Waals surface area contributed by atoms with Crippen LogP contribution >= 0.6 is 0 Å². The Morgan fingerprint density at radius 3 is 2.78 bits per heavy atom. The van der Waals surface area contributed by atoms with Crippen molar-refractivity contribution in [1.29, 1.82) is 0 Å². The van der Waals surface area contributed by atoms with E-state index < -0.39 is 0 Å². The van der Waals surface area contributed by atoms with Gasteiger partial charge in [-0.2, -0.15) is 0 Å². The molecule has 0 saturated heterocycles. The van der Waals surface area contributed by atoms with E-state index in [0.29, 0.717) is 0 Å². The van der Waals surface area contributed by atoms with Crippen LogP contribution < -0.4 is 0 Å². The van der Waals surface area contributed by atoms with E-state index >= 15 is 0 Å². The van der Waals surface area contributed by atoms with E-state index in [4.69, 9.17) is 4.74 Å². The molecule has 0 radical (unpaired) electrons. The van der Waals surface area contributed by atoms with Crippen LogP contribution in [0.5, 0.6) is 0 Å². The van der Waals surface area contributed by atoms with Gasteiger partial charge in [-0.05, 0) is 36.0 Å². The second kappa shape index (κ2) is 6.97. The molecule has 0 aromatic rings. The predicted molar refractivity (Wildman–Crippen MR) is 77.4 cm³/mol. The summed E-state index contributed by atoms with van der Waals surface area (Å²) in [5.41, 5.74) is 4.05. The molecular formula is C17H20O. The number of allylic oxidation sites excluding steroid dienone is 11. The molecule has 94 valence electrons. The van der Waals surface area contributed by atoms with Gasteiger partial charge in [0.2, 0.25) is 0 Å². The molecule has 18 heavy (non-hydrogen) atoms. The number of methoxy groups -OCH3 is 1. The minimum Gasteiger partial charge on any atom is -0.384 e. The molecule has 0 spiro atoms. The third-order valence-corrected chi connectivity index (χ3v) is 3.12. The van der Waals surface area contributed by atoms with Crippen LogP contribution in [-0.2, 0) is 4.74 Å². The first kappa shape index (κ1) is 12.8. The van der Waals surface area contributed by atoms with Crippen molar-refractivity contribution in [3.63, 3.8) is 0 Å². The second-order valence-corrected chi connectivity index (χ2v) is 4.40. The smallest absolute Gasteiger partial charge is 0.0502 e. The van der Waals surface area contributed by atoms with Gasteiger partial charge in [0.1, 0.15) is 0 Å². The van der Waals surface area contributed by atoms with Gasteiger partial charge in [0.15, 0.2) is 0 Å². The molecule has 0 unspecified atom stereocenters. The van der Waals surface area contributed by atoms with Crippen molar-refractivity contribution in [2.45, 2.75) is 19.3 Å². The lowest BCUT2D eigenvalue weighted by atomic mass is 9.94. The fourth-order valence-electron chi connectivity index (χ4n) is 2.18. The first-order valence-electron chi connectivity index (χ1n) is 6.50. The van der Waals surface area contributed by atoms with Gasteiger partial charge in [0.25, 0.3) is 0 Å². The summed E-state index contributed by atoms with van der Waals surface area (Å²) in [7, 11) is 1.76. The maximum Gasteiger partial charge on any atom is 0.0502 e. The minimum absolute atomic E-state index is 0.770. The number of hydrogen-bond donors (Lipinski definition) is 0. The highest BCUT2D eigenvalue weighted by Gasteiger charge is 2.09. The van der Waals surface area contributed by atoms with E-state index in [0.717, 1.165) is 25.9 Å². The summed E-state index contributed by atoms with van der Waals surface area (Å²) in [5.74, 6) is 0. The Bertz CT molecular complexity index is 456. The molecule has 0 aliphatic heterocycles. The maximum atomic E-state index is 5.20. The van der Waals surface area contributed by atoms with Crippen molar-refractivity contribution in [3.8, 4) is 0 Å². The van der Waals surface area contributed by atoms with Crippen molar-refractivity contribution >= 4 is 0 Å². The maximum absolute atomic E-state index is 5.20. The van der Waals surface area contributed by atoms with Gasteiger partial charge in [0, 0.05) is 7.11 Å². The molecule has 0 atom stereocenters. The normalized spacial score (nSPS) is 18.8. The molecule has 1 heteroatoms. The van der Waals surface area contributed by atoms with Crippen LogP contribution in [-0.4, -0.2) is 13.7 Å². The summed E-state index contributed by atoms with van der Waals surface area (Å²) in [4.78, 5) is 0. The Labute approximate surface area is 110 Å². The van der Waals surface area contributed by atoms with E-state index in [-0.39, 0.29) is 0 Å². The largest absolute Gasteiger partial charge is 0.384 e. The Kier molecular flexibility index (Phi) is 4.98. The average molecular weight is 240 g/mol. The van der Waals surface area contributed by atoms with E-state index in [1.54, 1.807) is 7.11 Å². The van der Waals surface area contributed by atoms with Crippen LogP contribution in [0.4, 0.5) is 0 Å². The molecule has 0 fully saturated rings. The Balaban J connectivity index is 2.23. The zero-order valence-electron chi connectivity index (χ0n) is 10.9. The van der Waals surface area contributed by atoms with Crippen LogP contribution in [0.3, 0.4) is 0 Å². The van der Waals surface area contributed by atoms with Gasteiger partial charge in [-0.15, -0.1) is 0 Å².